The van der Waals surface area contributed by atoms with Crippen molar-refractivity contribution in [2.75, 3.05) is 0 Å². The molecule has 2 aromatic heterocycles. The molecule has 0 aliphatic heterocycles. The number of carboxylic acid groups (broad SMARTS) is 1. The van der Waals surface area contributed by atoms with Crippen molar-refractivity contribution < 1.29 is 23.1 Å². The summed E-state index contributed by atoms with van der Waals surface area (Å²) in [5.41, 5.74) is -0.424. The lowest BCUT2D eigenvalue weighted by molar-refractivity contribution is -0.254. The second kappa shape index (κ2) is 5.80. The molecule has 0 N–H and O–H groups in total. The van der Waals surface area contributed by atoms with Crippen molar-refractivity contribution in [3.8, 4) is 16.9 Å². The van der Waals surface area contributed by atoms with Gasteiger partial charge in [-0.1, -0.05) is 6.07 Å². The minimum Gasteiger partial charge on any atom is -0.545 e. The molecule has 3 rings (SSSR count). The summed E-state index contributed by atoms with van der Waals surface area (Å²) in [6.45, 7) is 0. The fourth-order valence-electron chi connectivity index (χ4n) is 2.20. The molecule has 0 aliphatic carbocycles. The molecule has 0 amide bonds. The summed E-state index contributed by atoms with van der Waals surface area (Å²) < 4.78 is 39.5. The first-order valence-corrected chi connectivity index (χ1v) is 6.75. The molecule has 122 valence electrons. The van der Waals surface area contributed by atoms with Crippen molar-refractivity contribution in [3.63, 3.8) is 0 Å². The maximum atomic E-state index is 12.8. The van der Waals surface area contributed by atoms with Gasteiger partial charge in [-0.25, -0.2) is 4.68 Å². The molecule has 0 fully saturated rings. The lowest BCUT2D eigenvalue weighted by atomic mass is 10.1. The number of rotatable bonds is 3. The van der Waals surface area contributed by atoms with Crippen LogP contribution < -0.4 is 5.11 Å². The molecular weight excluding hydrogens is 323 g/mol. The van der Waals surface area contributed by atoms with Crippen molar-refractivity contribution >= 4 is 5.97 Å². The molecule has 0 radical (unpaired) electrons. The van der Waals surface area contributed by atoms with E-state index in [4.69, 9.17) is 0 Å². The quantitative estimate of drug-likeness (QED) is 0.738. The van der Waals surface area contributed by atoms with Gasteiger partial charge in [-0.3, -0.25) is 4.98 Å². The van der Waals surface area contributed by atoms with Gasteiger partial charge in [0.05, 0.1) is 17.2 Å². The van der Waals surface area contributed by atoms with E-state index in [9.17, 15) is 23.1 Å². The fraction of sp³-hybridized carbons (Fsp3) is 0.0625. The number of nitrogens with zero attached hydrogens (tertiary/aromatic N) is 3. The predicted octanol–water partition coefficient (Wildman–Crippen LogP) is 2.32. The summed E-state index contributed by atoms with van der Waals surface area (Å²) in [6.07, 6.45) is -0.468. The molecule has 0 aliphatic rings. The van der Waals surface area contributed by atoms with Gasteiger partial charge in [0.25, 0.3) is 0 Å². The van der Waals surface area contributed by atoms with E-state index in [0.717, 1.165) is 23.0 Å². The van der Waals surface area contributed by atoms with Crippen LogP contribution in [0.3, 0.4) is 0 Å². The third-order valence-corrected chi connectivity index (χ3v) is 3.33. The van der Waals surface area contributed by atoms with E-state index in [1.807, 2.05) is 0 Å². The highest BCUT2D eigenvalue weighted by Gasteiger charge is 2.30. The van der Waals surface area contributed by atoms with E-state index in [1.54, 1.807) is 12.1 Å². The van der Waals surface area contributed by atoms with Gasteiger partial charge >= 0.3 is 6.18 Å². The topological polar surface area (TPSA) is 70.8 Å². The number of hydrogen-bond acceptors (Lipinski definition) is 4. The fourth-order valence-corrected chi connectivity index (χ4v) is 2.20. The monoisotopic (exact) mass is 332 g/mol. The molecule has 0 saturated carbocycles. The lowest BCUT2D eigenvalue weighted by Crippen LogP contribution is -2.22. The Bertz CT molecular complexity index is 889. The Morgan fingerprint density at radius 3 is 2.46 bits per heavy atom. The van der Waals surface area contributed by atoms with Gasteiger partial charge < -0.3 is 9.90 Å². The van der Waals surface area contributed by atoms with Gasteiger partial charge in [-0.2, -0.15) is 18.3 Å². The van der Waals surface area contributed by atoms with Crippen LogP contribution in [-0.2, 0) is 6.18 Å². The van der Waals surface area contributed by atoms with Crippen LogP contribution in [-0.4, -0.2) is 20.7 Å². The van der Waals surface area contributed by atoms with E-state index in [2.05, 4.69) is 10.1 Å². The molecule has 0 unspecified atom stereocenters. The van der Waals surface area contributed by atoms with Crippen molar-refractivity contribution in [2.45, 2.75) is 6.18 Å². The van der Waals surface area contributed by atoms with Gasteiger partial charge in [0, 0.05) is 29.7 Å². The van der Waals surface area contributed by atoms with Gasteiger partial charge in [0.15, 0.2) is 0 Å². The van der Waals surface area contributed by atoms with Gasteiger partial charge in [-0.05, 0) is 30.3 Å². The van der Waals surface area contributed by atoms with Crippen LogP contribution in [0.2, 0.25) is 0 Å². The summed E-state index contributed by atoms with van der Waals surface area (Å²) in [6, 6.07) is 7.54. The predicted molar refractivity (Wildman–Crippen MR) is 76.1 cm³/mol. The number of pyridine rings is 1. The third-order valence-electron chi connectivity index (χ3n) is 3.33. The molecule has 0 bridgehead atoms. The second-order valence-electron chi connectivity index (χ2n) is 4.91. The number of aromatic nitrogens is 3. The maximum Gasteiger partial charge on any atom is 0.416 e. The van der Waals surface area contributed by atoms with Crippen molar-refractivity contribution in [3.05, 3.63) is 66.1 Å². The molecule has 2 heterocycles. The van der Waals surface area contributed by atoms with Crippen LogP contribution in [0.1, 0.15) is 15.9 Å². The number of alkyl halides is 3. The van der Waals surface area contributed by atoms with Crippen molar-refractivity contribution in [1.29, 1.82) is 0 Å². The van der Waals surface area contributed by atoms with Crippen LogP contribution in [0.15, 0.2) is 55.0 Å². The van der Waals surface area contributed by atoms with Gasteiger partial charge in [-0.15, -0.1) is 0 Å². The standard InChI is InChI=1S/C16H10F3N3O2/c17-16(18,19)11-2-1-3-12(8-11)22-9-13(15(23)24)14(21-22)10-4-6-20-7-5-10/h1-9H,(H,23,24)/p-1. The number of benzene rings is 1. The maximum absolute atomic E-state index is 12.8. The molecule has 24 heavy (non-hydrogen) atoms. The Morgan fingerprint density at radius 1 is 1.12 bits per heavy atom. The number of aromatic carboxylic acids is 1. The van der Waals surface area contributed by atoms with Crippen molar-refractivity contribution in [2.24, 2.45) is 0 Å². The zero-order chi connectivity index (χ0) is 17.3. The van der Waals surface area contributed by atoms with Crippen LogP contribution in [0.25, 0.3) is 16.9 Å². The average molecular weight is 332 g/mol. The molecule has 0 spiro atoms. The summed E-state index contributed by atoms with van der Waals surface area (Å²) in [5.74, 6) is -1.47. The van der Waals surface area contributed by atoms with E-state index < -0.39 is 17.7 Å². The molecule has 0 atom stereocenters. The molecule has 5 nitrogen and oxygen atoms in total. The number of halogens is 3. The minimum absolute atomic E-state index is 0.0904. The smallest absolute Gasteiger partial charge is 0.416 e. The van der Waals surface area contributed by atoms with Gasteiger partial charge in [0.2, 0.25) is 0 Å². The number of carboxylic acids is 1. The summed E-state index contributed by atoms with van der Waals surface area (Å²) in [4.78, 5) is 15.1. The zero-order valence-electron chi connectivity index (χ0n) is 12.0. The Morgan fingerprint density at radius 2 is 1.83 bits per heavy atom. The first-order valence-electron chi connectivity index (χ1n) is 6.75. The van der Waals surface area contributed by atoms with E-state index >= 15 is 0 Å². The normalized spacial score (nSPS) is 11.5. The highest BCUT2D eigenvalue weighted by atomic mass is 19.4. The summed E-state index contributed by atoms with van der Waals surface area (Å²) >= 11 is 0. The molecule has 0 saturated heterocycles. The SMILES string of the molecule is O=C([O-])c1cn(-c2cccc(C(F)(F)F)c2)nc1-c1ccncc1. The molecule has 8 heteroatoms. The Hall–Kier alpha value is -3.16. The summed E-state index contributed by atoms with van der Waals surface area (Å²) in [5, 5.41) is 15.4. The van der Waals surface area contributed by atoms with Crippen LogP contribution in [0.5, 0.6) is 0 Å². The number of carbonyl (C=O) groups excluding carboxylic acids is 1. The minimum atomic E-state index is -4.51. The van der Waals surface area contributed by atoms with Crippen LogP contribution in [0, 0.1) is 0 Å². The molecular formula is C16H9F3N3O2-. The van der Waals surface area contributed by atoms with E-state index in [-0.39, 0.29) is 16.9 Å². The average Bonchev–Trinajstić information content (AvgIpc) is 3.01. The third kappa shape index (κ3) is 2.98. The largest absolute Gasteiger partial charge is 0.545 e. The second-order valence-corrected chi connectivity index (χ2v) is 4.91. The first-order chi connectivity index (χ1) is 11.4. The van der Waals surface area contributed by atoms with Crippen LogP contribution in [0.4, 0.5) is 13.2 Å². The summed E-state index contributed by atoms with van der Waals surface area (Å²) in [7, 11) is 0. The number of hydrogen-bond donors (Lipinski definition) is 0. The van der Waals surface area contributed by atoms with Crippen LogP contribution >= 0.6 is 0 Å². The Balaban J connectivity index is 2.12. The first kappa shape index (κ1) is 15.7. The highest BCUT2D eigenvalue weighted by Crippen LogP contribution is 2.31. The van der Waals surface area contributed by atoms with Gasteiger partial charge in [0.1, 0.15) is 5.69 Å². The lowest BCUT2D eigenvalue weighted by Gasteiger charge is -2.08. The highest BCUT2D eigenvalue weighted by molar-refractivity contribution is 5.93. The zero-order valence-corrected chi connectivity index (χ0v) is 12.0. The molecule has 1 aromatic carbocycles. The Kier molecular flexibility index (Phi) is 3.80. The Labute approximate surface area is 134 Å². The van der Waals surface area contributed by atoms with Crippen molar-refractivity contribution in [1.82, 2.24) is 14.8 Å². The number of carbonyl (C=O) groups is 1. The van der Waals surface area contributed by atoms with E-state index in [0.29, 0.717) is 5.56 Å². The molecule has 3 aromatic rings. The van der Waals surface area contributed by atoms with E-state index in [1.165, 1.54) is 24.5 Å².